The van der Waals surface area contributed by atoms with E-state index in [0.717, 1.165) is 0 Å². The monoisotopic (exact) mass is 227 g/mol. The van der Waals surface area contributed by atoms with Crippen LogP contribution in [0.5, 0.6) is 0 Å². The largest absolute Gasteiger partial charge is 1.00 e. The summed E-state index contributed by atoms with van der Waals surface area (Å²) in [5, 5.41) is 29.3. The normalized spacial score (nSPS) is 2.46. The second-order valence-corrected chi connectivity index (χ2v) is 0.894. The second kappa shape index (κ2) is 153. The van der Waals surface area contributed by atoms with Gasteiger partial charge in [0, 0.05) is 27.7 Å². The standard InChI is InChI=1S/4C2H3N.Cu/c4*1-2-3;/h4*1H3;/q;;;;+1. The van der Waals surface area contributed by atoms with Gasteiger partial charge in [-0.25, -0.2) is 0 Å². The molecule has 0 amide bonds. The van der Waals surface area contributed by atoms with Crippen LogP contribution in [0, 0.1) is 45.3 Å². The van der Waals surface area contributed by atoms with Gasteiger partial charge in [-0.1, -0.05) is 0 Å². The second-order valence-electron chi connectivity index (χ2n) is 0.894. The molecule has 0 aliphatic rings. The molecule has 0 aliphatic heterocycles. The van der Waals surface area contributed by atoms with E-state index in [1.54, 1.807) is 24.3 Å². The first-order valence-corrected chi connectivity index (χ1v) is 2.89. The summed E-state index contributed by atoms with van der Waals surface area (Å²) >= 11 is 0. The minimum absolute atomic E-state index is 0. The molecule has 0 atom stereocenters. The van der Waals surface area contributed by atoms with E-state index in [9.17, 15) is 0 Å². The van der Waals surface area contributed by atoms with Crippen LogP contribution in [-0.2, 0) is 17.1 Å². The van der Waals surface area contributed by atoms with Gasteiger partial charge in [-0.15, -0.1) is 0 Å². The molecule has 0 heterocycles. The summed E-state index contributed by atoms with van der Waals surface area (Å²) in [6.07, 6.45) is 0. The molecule has 74 valence electrons. The molecule has 0 aromatic carbocycles. The molecule has 0 radical (unpaired) electrons. The van der Waals surface area contributed by atoms with Gasteiger partial charge >= 0.3 is 17.1 Å². The summed E-state index contributed by atoms with van der Waals surface area (Å²) in [4.78, 5) is 0. The molecule has 0 bridgehead atoms. The number of hydrogen-bond acceptors (Lipinski definition) is 4. The smallest absolute Gasteiger partial charge is 0.199 e. The van der Waals surface area contributed by atoms with Gasteiger partial charge in [0.1, 0.15) is 0 Å². The fourth-order valence-corrected chi connectivity index (χ4v) is 0. The first kappa shape index (κ1) is 30.0. The van der Waals surface area contributed by atoms with Crippen molar-refractivity contribution in [3.63, 3.8) is 0 Å². The van der Waals surface area contributed by atoms with Gasteiger partial charge < -0.3 is 0 Å². The molecule has 4 nitrogen and oxygen atoms in total. The first-order chi connectivity index (χ1) is 5.66. The Balaban J connectivity index is -0.0000000213. The topological polar surface area (TPSA) is 95.2 Å². The van der Waals surface area contributed by atoms with Crippen molar-refractivity contribution in [1.82, 2.24) is 0 Å². The summed E-state index contributed by atoms with van der Waals surface area (Å²) in [7, 11) is 0. The third kappa shape index (κ3) is 326. The Morgan fingerprint density at radius 1 is 0.538 bits per heavy atom. The molecule has 0 saturated heterocycles. The fraction of sp³-hybridized carbons (Fsp3) is 0.500. The number of hydrogen-bond donors (Lipinski definition) is 0. The van der Waals surface area contributed by atoms with E-state index in [2.05, 4.69) is 0 Å². The third-order valence-electron chi connectivity index (χ3n) is 0. The third-order valence-corrected chi connectivity index (χ3v) is 0. The van der Waals surface area contributed by atoms with Crippen LogP contribution in [0.1, 0.15) is 27.7 Å². The molecule has 5 heteroatoms. The van der Waals surface area contributed by atoms with Gasteiger partial charge in [0.2, 0.25) is 0 Å². The average molecular weight is 228 g/mol. The van der Waals surface area contributed by atoms with Crippen molar-refractivity contribution in [3.8, 4) is 24.3 Å². The van der Waals surface area contributed by atoms with Gasteiger partial charge in [-0.2, -0.15) is 21.0 Å². The minimum Gasteiger partial charge on any atom is -0.199 e. The summed E-state index contributed by atoms with van der Waals surface area (Å²) < 4.78 is 0. The maximum absolute atomic E-state index is 7.32. The Kier molecular flexibility index (Phi) is 354. The molecular formula is C8H12CuN4+. The predicted octanol–water partition coefficient (Wildman–Crippen LogP) is 2.12. The van der Waals surface area contributed by atoms with Gasteiger partial charge in [-0.3, -0.25) is 0 Å². The fourth-order valence-electron chi connectivity index (χ4n) is 0. The maximum Gasteiger partial charge on any atom is 1.00 e. The Morgan fingerprint density at radius 3 is 0.538 bits per heavy atom. The van der Waals surface area contributed by atoms with Crippen molar-refractivity contribution in [2.24, 2.45) is 0 Å². The molecule has 0 aromatic heterocycles. The molecule has 0 rings (SSSR count). The van der Waals surface area contributed by atoms with Crippen molar-refractivity contribution in [3.05, 3.63) is 0 Å². The Hall–Kier alpha value is -1.52. The summed E-state index contributed by atoms with van der Waals surface area (Å²) in [5.41, 5.74) is 0. The quantitative estimate of drug-likeness (QED) is 0.592. The van der Waals surface area contributed by atoms with E-state index >= 15 is 0 Å². The molecule has 13 heavy (non-hydrogen) atoms. The zero-order valence-corrected chi connectivity index (χ0v) is 9.03. The molecule has 0 spiro atoms. The van der Waals surface area contributed by atoms with Crippen molar-refractivity contribution in [1.29, 1.82) is 21.0 Å². The van der Waals surface area contributed by atoms with E-state index in [0.29, 0.717) is 0 Å². The average Bonchev–Trinajstić information content (AvgIpc) is 1.92. The number of nitriles is 4. The van der Waals surface area contributed by atoms with Crippen LogP contribution in [0.3, 0.4) is 0 Å². The van der Waals surface area contributed by atoms with Crippen LogP contribution in [0.25, 0.3) is 0 Å². The van der Waals surface area contributed by atoms with Crippen LogP contribution in [0.4, 0.5) is 0 Å². The van der Waals surface area contributed by atoms with Gasteiger partial charge in [0.15, 0.2) is 0 Å². The van der Waals surface area contributed by atoms with E-state index in [1.165, 1.54) is 27.7 Å². The molecule has 0 saturated carbocycles. The number of rotatable bonds is 0. The van der Waals surface area contributed by atoms with Gasteiger partial charge in [0.05, 0.1) is 24.3 Å². The van der Waals surface area contributed by atoms with Crippen LogP contribution < -0.4 is 0 Å². The molecule has 0 aliphatic carbocycles. The maximum atomic E-state index is 7.32. The SMILES string of the molecule is CC#N.CC#N.CC#N.CC#N.[Cu+]. The molecule has 0 N–H and O–H groups in total. The van der Waals surface area contributed by atoms with Gasteiger partial charge in [0.25, 0.3) is 0 Å². The van der Waals surface area contributed by atoms with E-state index < -0.39 is 0 Å². The Morgan fingerprint density at radius 2 is 0.538 bits per heavy atom. The zero-order valence-electron chi connectivity index (χ0n) is 8.09. The van der Waals surface area contributed by atoms with Crippen molar-refractivity contribution >= 4 is 0 Å². The van der Waals surface area contributed by atoms with Crippen LogP contribution in [0.2, 0.25) is 0 Å². The van der Waals surface area contributed by atoms with Crippen LogP contribution >= 0.6 is 0 Å². The van der Waals surface area contributed by atoms with Crippen molar-refractivity contribution in [2.45, 2.75) is 27.7 Å². The van der Waals surface area contributed by atoms with Crippen molar-refractivity contribution in [2.75, 3.05) is 0 Å². The van der Waals surface area contributed by atoms with E-state index in [1.807, 2.05) is 0 Å². The van der Waals surface area contributed by atoms with Crippen LogP contribution in [0.15, 0.2) is 0 Å². The molecule has 0 aromatic rings. The zero-order chi connectivity index (χ0) is 10.8. The predicted molar refractivity (Wildman–Crippen MR) is 45.1 cm³/mol. The minimum atomic E-state index is 0. The van der Waals surface area contributed by atoms with Crippen LogP contribution in [-0.4, -0.2) is 0 Å². The molecule has 0 fully saturated rings. The Bertz CT molecular complexity index is 150. The van der Waals surface area contributed by atoms with E-state index in [4.69, 9.17) is 21.0 Å². The number of nitrogens with zero attached hydrogens (tertiary/aromatic N) is 4. The summed E-state index contributed by atoms with van der Waals surface area (Å²) in [6.45, 7) is 5.72. The van der Waals surface area contributed by atoms with Crippen molar-refractivity contribution < 1.29 is 17.1 Å². The van der Waals surface area contributed by atoms with E-state index in [-0.39, 0.29) is 17.1 Å². The summed E-state index contributed by atoms with van der Waals surface area (Å²) in [6, 6.07) is 7.00. The molecular weight excluding hydrogens is 216 g/mol. The Labute approximate surface area is 90.5 Å². The first-order valence-electron chi connectivity index (χ1n) is 2.89. The summed E-state index contributed by atoms with van der Waals surface area (Å²) in [5.74, 6) is 0. The molecule has 0 unspecified atom stereocenters. The van der Waals surface area contributed by atoms with Gasteiger partial charge in [-0.05, 0) is 0 Å².